The van der Waals surface area contributed by atoms with Crippen molar-refractivity contribution in [2.24, 2.45) is 0 Å². The maximum Gasteiger partial charge on any atom is 0.692 e. The Morgan fingerprint density at radius 1 is 0.833 bits per heavy atom. The van der Waals surface area contributed by atoms with E-state index in [0.29, 0.717) is 0 Å². The summed E-state index contributed by atoms with van der Waals surface area (Å²) in [5.74, 6) is 0. The summed E-state index contributed by atoms with van der Waals surface area (Å²) in [7, 11) is -5.74. The number of alkyl halides is 3. The average molecular weight is 232 g/mol. The fraction of sp³-hybridized carbons (Fsp3) is 1.00. The van der Waals surface area contributed by atoms with E-state index in [2.05, 4.69) is 0 Å². The van der Waals surface area contributed by atoms with Gasteiger partial charge in [0.25, 0.3) is 0 Å². The molecule has 0 aromatic carbocycles. The second-order valence-corrected chi connectivity index (χ2v) is 1.76. The van der Waals surface area contributed by atoms with Crippen LogP contribution in [0.25, 0.3) is 0 Å². The van der Waals surface area contributed by atoms with E-state index in [1.165, 1.54) is 0 Å². The minimum absolute atomic E-state index is 2.87. The smallest absolute Gasteiger partial charge is 0.174 e. The van der Waals surface area contributed by atoms with Crippen LogP contribution in [-0.4, -0.2) is 26.3 Å². The van der Waals surface area contributed by atoms with Gasteiger partial charge in [-0.3, -0.25) is 0 Å². The maximum atomic E-state index is 9.67. The first-order valence-electron chi connectivity index (χ1n) is 1.82. The Morgan fingerprint density at radius 2 is 0.833 bits per heavy atom. The summed E-state index contributed by atoms with van der Waals surface area (Å²) < 4.78 is 46.4. The molecule has 0 unspecified atom stereocenters. The summed E-state index contributed by atoms with van der Waals surface area (Å²) >= 11 is 0. The first kappa shape index (κ1) is 17.8. The summed E-state index contributed by atoms with van der Waals surface area (Å²) in [4.78, 5) is 28.5. The molecule has 0 heterocycles. The van der Waals surface area contributed by atoms with Gasteiger partial charge < -0.3 is 0 Å². The molecule has 4 N–H and O–H groups in total. The second-order valence-electron chi connectivity index (χ2n) is 0.753. The van der Waals surface area contributed by atoms with E-state index < -0.39 is 23.2 Å². The van der Waals surface area contributed by atoms with Gasteiger partial charge in [-0.1, -0.05) is 0 Å². The quantitative estimate of drug-likeness (QED) is 0.450. The summed E-state index contributed by atoms with van der Waals surface area (Å²) in [5.41, 5.74) is 0. The molecule has 12 heavy (non-hydrogen) atoms. The van der Waals surface area contributed by atoms with Crippen LogP contribution in [0.15, 0.2) is 0 Å². The van der Waals surface area contributed by atoms with Crippen LogP contribution in [0.5, 0.6) is 0 Å². The van der Waals surface area contributed by atoms with Crippen LogP contribution in [0.1, 0.15) is 0 Å². The van der Waals surface area contributed by atoms with E-state index in [4.69, 9.17) is 28.7 Å². The van der Waals surface area contributed by atoms with Crippen molar-refractivity contribution in [2.75, 3.05) is 0 Å². The third-order valence-electron chi connectivity index (χ3n) is 0. The fourth-order valence-corrected chi connectivity index (χ4v) is 0. The Kier molecular flexibility index (Phi) is 19.9. The van der Waals surface area contributed by atoms with Crippen molar-refractivity contribution >= 4 is 16.5 Å². The lowest BCUT2D eigenvalue weighted by molar-refractivity contribution is 0.00819. The minimum Gasteiger partial charge on any atom is -0.174 e. The summed E-state index contributed by atoms with van der Waals surface area (Å²) in [5, 5.41) is 0. The molecule has 0 aliphatic carbocycles. The molecule has 6 nitrogen and oxygen atoms in total. The van der Waals surface area contributed by atoms with E-state index in [0.717, 1.165) is 0 Å². The average Bonchev–Trinajstić information content (AvgIpc) is 1.54. The van der Waals surface area contributed by atoms with E-state index >= 15 is 0 Å². The molecule has 0 aromatic rings. The van der Waals surface area contributed by atoms with Gasteiger partial charge >= 0.3 is 23.2 Å². The third kappa shape index (κ3) is 26500. The van der Waals surface area contributed by atoms with Crippen LogP contribution in [0.4, 0.5) is 13.2 Å². The van der Waals surface area contributed by atoms with Gasteiger partial charge in [-0.2, -0.15) is 13.2 Å². The van der Waals surface area contributed by atoms with Crippen LogP contribution in [0.3, 0.4) is 0 Å². The van der Waals surface area contributed by atoms with Crippen LogP contribution < -0.4 is 0 Å². The zero-order valence-corrected chi connectivity index (χ0v) is 7.00. The predicted octanol–water partition coefficient (Wildman–Crippen LogP) is 0.435. The highest BCUT2D eigenvalue weighted by Crippen LogP contribution is 1.98. The highest BCUT2D eigenvalue weighted by molar-refractivity contribution is 7.31. The molecule has 0 rings (SSSR count). The summed E-state index contributed by atoms with van der Waals surface area (Å²) in [6.07, 6.45) is 0. The maximum absolute atomic E-state index is 9.67. The van der Waals surface area contributed by atoms with Gasteiger partial charge in [-0.05, 0) is 0 Å². The normalized spacial score (nSPS) is 7.33. The Balaban J connectivity index is -0.000000101. The molecular weight excluding hydrogens is 227 g/mol. The molecule has 0 radical (unpaired) electrons. The Labute approximate surface area is 66.2 Å². The van der Waals surface area contributed by atoms with Gasteiger partial charge in [0, 0.05) is 9.13 Å². The van der Waals surface area contributed by atoms with Crippen LogP contribution in [-0.2, 0) is 9.13 Å². The zero-order chi connectivity index (χ0) is 10.7. The topological polar surface area (TPSA) is 115 Å². The van der Waals surface area contributed by atoms with Crippen molar-refractivity contribution in [2.45, 2.75) is 6.68 Å². The van der Waals surface area contributed by atoms with Crippen molar-refractivity contribution < 1.29 is 41.9 Å². The molecule has 0 atom stereocenters. The minimum atomic E-state index is -3.67. The van der Waals surface area contributed by atoms with E-state index in [-0.39, 0.29) is 0 Å². The lowest BCUT2D eigenvalue weighted by atomic mass is 11.6. The van der Waals surface area contributed by atoms with Crippen molar-refractivity contribution in [3.8, 4) is 0 Å². The highest BCUT2D eigenvalue weighted by atomic mass is 31.1. The van der Waals surface area contributed by atoms with Gasteiger partial charge in [0.2, 0.25) is 0 Å². The Bertz CT molecular complexity index is 105. The summed E-state index contributed by atoms with van der Waals surface area (Å²) in [6.45, 7) is -3.67. The van der Waals surface area contributed by atoms with E-state index in [9.17, 15) is 13.2 Å². The molecule has 0 aromatic heterocycles. The van der Waals surface area contributed by atoms with Gasteiger partial charge in [0.05, 0.1) is 0 Å². The van der Waals surface area contributed by atoms with Crippen molar-refractivity contribution in [3.05, 3.63) is 0 Å². The third-order valence-corrected chi connectivity index (χ3v) is 0. The predicted molar refractivity (Wildman–Crippen MR) is 31.2 cm³/mol. The van der Waals surface area contributed by atoms with Gasteiger partial charge in [-0.25, -0.2) is 0 Å². The number of hydrogen-bond donors (Lipinski definition) is 4. The van der Waals surface area contributed by atoms with Crippen LogP contribution >= 0.6 is 16.5 Å². The van der Waals surface area contributed by atoms with Gasteiger partial charge in [0.15, 0.2) is 0 Å². The first-order chi connectivity index (χ1) is 5.20. The molecule has 0 aliphatic heterocycles. The number of hydrogen-bond acceptors (Lipinski definition) is 2. The molecular formula is CH5F3O6P2+2. The molecule has 11 heteroatoms. The molecule has 0 saturated carbocycles. The Hall–Kier alpha value is -0.170. The largest absolute Gasteiger partial charge is 0.692 e. The molecule has 74 valence electrons. The molecule has 0 amide bonds. The Morgan fingerprint density at radius 3 is 0.833 bits per heavy atom. The molecule has 0 saturated heterocycles. The summed E-state index contributed by atoms with van der Waals surface area (Å²) in [6, 6.07) is 0. The standard InChI is InChI=1S/CHF3.2HO3P/c2-1(3)4;2*1-4(2)3/h1H;2*(H-,1,2,3)/p+2. The molecule has 0 bridgehead atoms. The highest BCUT2D eigenvalue weighted by Gasteiger charge is 1.93. The first-order valence-corrected chi connectivity index (χ1v) is 4.15. The van der Waals surface area contributed by atoms with Crippen LogP contribution in [0, 0.1) is 0 Å². The molecule has 0 aliphatic rings. The SMILES string of the molecule is FC(F)F.O=[P+](O)O.O=[P+](O)O. The van der Waals surface area contributed by atoms with Crippen molar-refractivity contribution in [1.29, 1.82) is 0 Å². The monoisotopic (exact) mass is 232 g/mol. The van der Waals surface area contributed by atoms with E-state index in [1.54, 1.807) is 0 Å². The van der Waals surface area contributed by atoms with Crippen molar-refractivity contribution in [1.82, 2.24) is 0 Å². The molecule has 0 spiro atoms. The van der Waals surface area contributed by atoms with Gasteiger partial charge in [-0.15, -0.1) is 19.6 Å². The van der Waals surface area contributed by atoms with E-state index in [1.807, 2.05) is 0 Å². The number of rotatable bonds is 0. The number of halogens is 3. The van der Waals surface area contributed by atoms with Crippen LogP contribution in [0.2, 0.25) is 0 Å². The molecule has 0 fully saturated rings. The zero-order valence-electron chi connectivity index (χ0n) is 5.21. The lowest BCUT2D eigenvalue weighted by Crippen LogP contribution is -1.65. The van der Waals surface area contributed by atoms with Crippen molar-refractivity contribution in [3.63, 3.8) is 0 Å². The van der Waals surface area contributed by atoms with Gasteiger partial charge in [0.1, 0.15) is 0 Å². The fourth-order valence-electron chi connectivity index (χ4n) is 0. The lowest BCUT2D eigenvalue weighted by Gasteiger charge is -1.65. The second kappa shape index (κ2) is 13.4.